The zero-order valence-corrected chi connectivity index (χ0v) is 15.6. The van der Waals surface area contributed by atoms with Gasteiger partial charge in [0.25, 0.3) is 0 Å². The number of hydrogen-bond donors (Lipinski definition) is 1. The van der Waals surface area contributed by atoms with E-state index in [4.69, 9.17) is 4.74 Å². The maximum absolute atomic E-state index is 12.8. The van der Waals surface area contributed by atoms with Crippen molar-refractivity contribution < 1.29 is 17.5 Å². The van der Waals surface area contributed by atoms with Crippen LogP contribution in [-0.2, 0) is 16.4 Å². The van der Waals surface area contributed by atoms with Crippen LogP contribution in [0.15, 0.2) is 48.5 Å². The zero-order valence-electron chi connectivity index (χ0n) is 14.8. The summed E-state index contributed by atoms with van der Waals surface area (Å²) in [4.78, 5) is 0. The largest absolute Gasteiger partial charge is 0.492 e. The number of ether oxygens (including phenoxy) is 1. The number of aryl methyl sites for hydroxylation is 1. The van der Waals surface area contributed by atoms with E-state index < -0.39 is 15.6 Å². The van der Waals surface area contributed by atoms with E-state index in [1.807, 2.05) is 45.0 Å². The van der Waals surface area contributed by atoms with E-state index in [1.165, 1.54) is 29.8 Å². The first-order chi connectivity index (χ1) is 11.7. The van der Waals surface area contributed by atoms with Crippen molar-refractivity contribution in [1.29, 1.82) is 0 Å². The Morgan fingerprint density at radius 1 is 1.04 bits per heavy atom. The fraction of sp³-hybridized carbons (Fsp3) is 0.368. The van der Waals surface area contributed by atoms with E-state index >= 15 is 0 Å². The van der Waals surface area contributed by atoms with Crippen LogP contribution in [0.4, 0.5) is 4.39 Å². The molecule has 136 valence electrons. The van der Waals surface area contributed by atoms with Crippen molar-refractivity contribution in [2.45, 2.75) is 32.7 Å². The molecule has 25 heavy (non-hydrogen) atoms. The SMILES string of the molecule is Cc1ccc(CC(C)(C)NS(=O)(=O)CCOc2ccc(F)cc2)cc1. The second-order valence-corrected chi connectivity index (χ2v) is 8.61. The minimum atomic E-state index is -3.49. The molecule has 0 bridgehead atoms. The molecule has 0 aromatic heterocycles. The Hall–Kier alpha value is -1.92. The zero-order chi connectivity index (χ0) is 18.5. The van der Waals surface area contributed by atoms with Gasteiger partial charge in [0.2, 0.25) is 10.0 Å². The molecule has 0 saturated heterocycles. The Balaban J connectivity index is 1.87. The van der Waals surface area contributed by atoms with E-state index in [0.29, 0.717) is 12.2 Å². The molecule has 0 radical (unpaired) electrons. The lowest BCUT2D eigenvalue weighted by Gasteiger charge is -2.26. The molecular weight excluding hydrogens is 341 g/mol. The fourth-order valence-electron chi connectivity index (χ4n) is 2.52. The van der Waals surface area contributed by atoms with E-state index in [9.17, 15) is 12.8 Å². The maximum atomic E-state index is 12.8. The molecule has 6 heteroatoms. The smallest absolute Gasteiger partial charge is 0.215 e. The highest BCUT2D eigenvalue weighted by atomic mass is 32.2. The summed E-state index contributed by atoms with van der Waals surface area (Å²) >= 11 is 0. The highest BCUT2D eigenvalue weighted by Gasteiger charge is 2.25. The van der Waals surface area contributed by atoms with Crippen LogP contribution in [0.5, 0.6) is 5.75 Å². The predicted molar refractivity (Wildman–Crippen MR) is 97.8 cm³/mol. The van der Waals surface area contributed by atoms with Crippen LogP contribution in [0, 0.1) is 12.7 Å². The number of nitrogens with one attached hydrogen (secondary N) is 1. The van der Waals surface area contributed by atoms with Crippen molar-refractivity contribution >= 4 is 10.0 Å². The van der Waals surface area contributed by atoms with Crippen LogP contribution < -0.4 is 9.46 Å². The highest BCUT2D eigenvalue weighted by Crippen LogP contribution is 2.15. The van der Waals surface area contributed by atoms with Gasteiger partial charge in [-0.2, -0.15) is 0 Å². The Morgan fingerprint density at radius 3 is 2.24 bits per heavy atom. The average Bonchev–Trinajstić information content (AvgIpc) is 2.50. The van der Waals surface area contributed by atoms with Gasteiger partial charge < -0.3 is 4.74 Å². The Bertz CT molecular complexity index is 784. The van der Waals surface area contributed by atoms with E-state index in [0.717, 1.165) is 5.56 Å². The summed E-state index contributed by atoms with van der Waals surface area (Å²) < 4.78 is 45.5. The molecule has 0 aliphatic heterocycles. The third-order valence-corrected chi connectivity index (χ3v) is 5.20. The van der Waals surface area contributed by atoms with Crippen molar-refractivity contribution in [3.05, 3.63) is 65.5 Å². The molecule has 0 aliphatic carbocycles. The van der Waals surface area contributed by atoms with Crippen molar-refractivity contribution in [2.24, 2.45) is 0 Å². The fourth-order valence-corrected chi connectivity index (χ4v) is 3.84. The van der Waals surface area contributed by atoms with Crippen molar-refractivity contribution in [1.82, 2.24) is 4.72 Å². The minimum Gasteiger partial charge on any atom is -0.492 e. The average molecular weight is 365 g/mol. The van der Waals surface area contributed by atoms with Gasteiger partial charge in [-0.1, -0.05) is 29.8 Å². The lowest BCUT2D eigenvalue weighted by Crippen LogP contribution is -2.46. The summed E-state index contributed by atoms with van der Waals surface area (Å²) in [6.45, 7) is 5.72. The summed E-state index contributed by atoms with van der Waals surface area (Å²) in [5.74, 6) is -0.0863. The van der Waals surface area contributed by atoms with Crippen LogP contribution in [0.1, 0.15) is 25.0 Å². The van der Waals surface area contributed by atoms with Crippen LogP contribution >= 0.6 is 0 Å². The molecule has 2 aromatic rings. The van der Waals surface area contributed by atoms with E-state index in [-0.39, 0.29) is 18.2 Å². The van der Waals surface area contributed by atoms with Gasteiger partial charge in [-0.15, -0.1) is 0 Å². The monoisotopic (exact) mass is 365 g/mol. The summed E-state index contributed by atoms with van der Waals surface area (Å²) in [6.07, 6.45) is 0.589. The minimum absolute atomic E-state index is 0.00156. The number of benzene rings is 2. The molecule has 2 rings (SSSR count). The van der Waals surface area contributed by atoms with Gasteiger partial charge in [0.05, 0.1) is 5.75 Å². The van der Waals surface area contributed by atoms with Crippen molar-refractivity contribution in [3.8, 4) is 5.75 Å². The van der Waals surface area contributed by atoms with Gasteiger partial charge in [0.15, 0.2) is 0 Å². The van der Waals surface area contributed by atoms with Crippen LogP contribution in [-0.4, -0.2) is 26.3 Å². The molecule has 2 aromatic carbocycles. The summed E-state index contributed by atoms with van der Waals surface area (Å²) in [5.41, 5.74) is 1.63. The standard InChI is InChI=1S/C19H24FNO3S/c1-15-4-6-16(7-5-15)14-19(2,3)21-25(22,23)13-12-24-18-10-8-17(20)9-11-18/h4-11,21H,12-14H2,1-3H3. The lowest BCUT2D eigenvalue weighted by molar-refractivity contribution is 0.338. The molecule has 0 atom stereocenters. The Morgan fingerprint density at radius 2 is 1.64 bits per heavy atom. The van der Waals surface area contributed by atoms with E-state index in [2.05, 4.69) is 4.72 Å². The molecule has 0 heterocycles. The first kappa shape index (κ1) is 19.4. The molecule has 0 unspecified atom stereocenters. The summed E-state index contributed by atoms with van der Waals surface area (Å²) in [6, 6.07) is 13.5. The van der Waals surface area contributed by atoms with Gasteiger partial charge in [-0.25, -0.2) is 17.5 Å². The van der Waals surface area contributed by atoms with Gasteiger partial charge in [0, 0.05) is 5.54 Å². The number of hydrogen-bond acceptors (Lipinski definition) is 3. The number of rotatable bonds is 8. The normalized spacial score (nSPS) is 12.2. The predicted octanol–water partition coefficient (Wildman–Crippen LogP) is 3.45. The third-order valence-electron chi connectivity index (χ3n) is 3.63. The number of sulfonamides is 1. The first-order valence-electron chi connectivity index (χ1n) is 8.11. The quantitative estimate of drug-likeness (QED) is 0.779. The van der Waals surface area contributed by atoms with Crippen LogP contribution in [0.25, 0.3) is 0 Å². The van der Waals surface area contributed by atoms with Crippen LogP contribution in [0.2, 0.25) is 0 Å². The molecule has 0 aliphatic rings. The second-order valence-electron chi connectivity index (χ2n) is 6.77. The molecule has 1 N–H and O–H groups in total. The Labute approximate surface area is 149 Å². The lowest BCUT2D eigenvalue weighted by atomic mass is 9.96. The van der Waals surface area contributed by atoms with Gasteiger partial charge in [-0.3, -0.25) is 0 Å². The topological polar surface area (TPSA) is 55.4 Å². The van der Waals surface area contributed by atoms with Gasteiger partial charge in [-0.05, 0) is 57.0 Å². The van der Waals surface area contributed by atoms with Crippen molar-refractivity contribution in [3.63, 3.8) is 0 Å². The Kier molecular flexibility index (Phi) is 6.19. The van der Waals surface area contributed by atoms with Crippen molar-refractivity contribution in [2.75, 3.05) is 12.4 Å². The molecule has 4 nitrogen and oxygen atoms in total. The molecule has 0 fully saturated rings. The third kappa shape index (κ3) is 6.84. The molecule has 0 spiro atoms. The molecular formula is C19H24FNO3S. The van der Waals surface area contributed by atoms with Crippen LogP contribution in [0.3, 0.4) is 0 Å². The summed E-state index contributed by atoms with van der Waals surface area (Å²) in [7, 11) is -3.49. The molecule has 0 saturated carbocycles. The first-order valence-corrected chi connectivity index (χ1v) is 9.76. The van der Waals surface area contributed by atoms with Gasteiger partial charge >= 0.3 is 0 Å². The van der Waals surface area contributed by atoms with E-state index in [1.54, 1.807) is 0 Å². The summed E-state index contributed by atoms with van der Waals surface area (Å²) in [5, 5.41) is 0. The number of halogens is 1. The van der Waals surface area contributed by atoms with Gasteiger partial charge in [0.1, 0.15) is 18.2 Å². The molecule has 0 amide bonds. The second kappa shape index (κ2) is 7.97. The maximum Gasteiger partial charge on any atom is 0.215 e. The highest BCUT2D eigenvalue weighted by molar-refractivity contribution is 7.89.